The zero-order valence-electron chi connectivity index (χ0n) is 8.87. The third kappa shape index (κ3) is 2.26. The van der Waals surface area contributed by atoms with Gasteiger partial charge in [0, 0.05) is 0 Å². The van der Waals surface area contributed by atoms with Crippen LogP contribution in [0.4, 0.5) is 0 Å². The second-order valence-corrected chi connectivity index (χ2v) is 4.41. The molecule has 2 aromatic rings. The Morgan fingerprint density at radius 2 is 1.73 bits per heavy atom. The summed E-state index contributed by atoms with van der Waals surface area (Å²) in [5, 5.41) is 0.530. The molecule has 15 heavy (non-hydrogen) atoms. The van der Waals surface area contributed by atoms with Crippen molar-refractivity contribution in [2.24, 2.45) is 5.92 Å². The number of benzene rings is 1. The molecule has 78 valence electrons. The molecule has 1 aromatic carbocycles. The van der Waals surface area contributed by atoms with Crippen molar-refractivity contribution in [1.29, 1.82) is 0 Å². The van der Waals surface area contributed by atoms with Crippen molar-refractivity contribution in [3.05, 3.63) is 35.1 Å². The van der Waals surface area contributed by atoms with Crippen LogP contribution in [0.5, 0.6) is 0 Å². The lowest BCUT2D eigenvalue weighted by molar-refractivity contribution is 0.635. The second-order valence-electron chi connectivity index (χ2n) is 4.05. The molecule has 0 bridgehead atoms. The van der Waals surface area contributed by atoms with E-state index in [1.165, 1.54) is 0 Å². The van der Waals surface area contributed by atoms with E-state index in [0.717, 1.165) is 23.1 Å². The zero-order chi connectivity index (χ0) is 10.8. The molecule has 0 saturated heterocycles. The number of hydrogen-bond acceptors (Lipinski definition) is 2. The average Bonchev–Trinajstić information content (AvgIpc) is 2.18. The molecule has 0 atom stereocenters. The summed E-state index contributed by atoms with van der Waals surface area (Å²) in [6, 6.07) is 7.79. The van der Waals surface area contributed by atoms with Crippen molar-refractivity contribution in [2.45, 2.75) is 20.3 Å². The molecule has 0 fully saturated rings. The molecule has 0 radical (unpaired) electrons. The van der Waals surface area contributed by atoms with E-state index in [1.54, 1.807) is 0 Å². The van der Waals surface area contributed by atoms with Crippen LogP contribution in [0.3, 0.4) is 0 Å². The van der Waals surface area contributed by atoms with Crippen molar-refractivity contribution in [1.82, 2.24) is 9.97 Å². The standard InChI is InChI=1S/C12H13ClN2/c1-8(2)7-11-12(13)15-10-6-4-3-5-9(10)14-11/h3-6,8H,7H2,1-2H3. The lowest BCUT2D eigenvalue weighted by atomic mass is 10.1. The fraction of sp³-hybridized carbons (Fsp3) is 0.333. The zero-order valence-corrected chi connectivity index (χ0v) is 9.62. The molecule has 0 unspecified atom stereocenters. The highest BCUT2D eigenvalue weighted by molar-refractivity contribution is 6.30. The predicted octanol–water partition coefficient (Wildman–Crippen LogP) is 3.48. The number of rotatable bonds is 2. The van der Waals surface area contributed by atoms with Gasteiger partial charge in [-0.05, 0) is 24.5 Å². The Morgan fingerprint density at radius 1 is 1.13 bits per heavy atom. The average molecular weight is 221 g/mol. The van der Waals surface area contributed by atoms with E-state index in [2.05, 4.69) is 23.8 Å². The summed E-state index contributed by atoms with van der Waals surface area (Å²) < 4.78 is 0. The summed E-state index contributed by atoms with van der Waals surface area (Å²) >= 11 is 6.07. The fourth-order valence-electron chi connectivity index (χ4n) is 1.53. The summed E-state index contributed by atoms with van der Waals surface area (Å²) in [7, 11) is 0. The highest BCUT2D eigenvalue weighted by Crippen LogP contribution is 2.19. The maximum Gasteiger partial charge on any atom is 0.151 e. The third-order valence-corrected chi connectivity index (χ3v) is 2.50. The van der Waals surface area contributed by atoms with Crippen LogP contribution in [0.1, 0.15) is 19.5 Å². The summed E-state index contributed by atoms with van der Waals surface area (Å²) in [5.74, 6) is 0.540. The van der Waals surface area contributed by atoms with E-state index in [0.29, 0.717) is 11.1 Å². The highest BCUT2D eigenvalue weighted by Gasteiger charge is 2.07. The topological polar surface area (TPSA) is 25.8 Å². The van der Waals surface area contributed by atoms with Crippen LogP contribution < -0.4 is 0 Å². The van der Waals surface area contributed by atoms with Crippen LogP contribution in [-0.2, 0) is 6.42 Å². The van der Waals surface area contributed by atoms with Gasteiger partial charge in [0.1, 0.15) is 0 Å². The van der Waals surface area contributed by atoms with Crippen molar-refractivity contribution < 1.29 is 0 Å². The Balaban J connectivity index is 2.52. The molecule has 0 spiro atoms. The maximum absolute atomic E-state index is 6.07. The van der Waals surface area contributed by atoms with Crippen LogP contribution >= 0.6 is 11.6 Å². The molecule has 3 heteroatoms. The molecule has 0 saturated carbocycles. The molecule has 2 rings (SSSR count). The van der Waals surface area contributed by atoms with Gasteiger partial charge in [-0.3, -0.25) is 0 Å². The van der Waals surface area contributed by atoms with Crippen LogP contribution in [0.2, 0.25) is 5.15 Å². The highest BCUT2D eigenvalue weighted by atomic mass is 35.5. The summed E-state index contributed by atoms with van der Waals surface area (Å²) in [6.07, 6.45) is 0.872. The smallest absolute Gasteiger partial charge is 0.151 e. The molecular weight excluding hydrogens is 208 g/mol. The molecule has 1 aromatic heterocycles. The lowest BCUT2D eigenvalue weighted by Crippen LogP contribution is -2.00. The normalized spacial score (nSPS) is 11.2. The molecule has 0 aliphatic carbocycles. The minimum atomic E-state index is 0.530. The first-order valence-electron chi connectivity index (χ1n) is 5.08. The second kappa shape index (κ2) is 4.15. The van der Waals surface area contributed by atoms with Crippen molar-refractivity contribution >= 4 is 22.6 Å². The van der Waals surface area contributed by atoms with E-state index in [4.69, 9.17) is 11.6 Å². The largest absolute Gasteiger partial charge is 0.248 e. The van der Waals surface area contributed by atoms with Crippen molar-refractivity contribution in [3.63, 3.8) is 0 Å². The Labute approximate surface area is 94.3 Å². The Hall–Kier alpha value is -1.15. The van der Waals surface area contributed by atoms with E-state index in [-0.39, 0.29) is 0 Å². The number of aromatic nitrogens is 2. The van der Waals surface area contributed by atoms with Crippen molar-refractivity contribution in [2.75, 3.05) is 0 Å². The molecular formula is C12H13ClN2. The first-order valence-corrected chi connectivity index (χ1v) is 5.46. The van der Waals surface area contributed by atoms with Gasteiger partial charge in [0.05, 0.1) is 16.7 Å². The van der Waals surface area contributed by atoms with E-state index in [1.807, 2.05) is 24.3 Å². The van der Waals surface area contributed by atoms with E-state index < -0.39 is 0 Å². The van der Waals surface area contributed by atoms with Gasteiger partial charge in [0.25, 0.3) is 0 Å². The summed E-state index contributed by atoms with van der Waals surface area (Å²) in [4.78, 5) is 8.85. The molecule has 2 nitrogen and oxygen atoms in total. The number of hydrogen-bond donors (Lipinski definition) is 0. The van der Waals surface area contributed by atoms with Gasteiger partial charge in [-0.1, -0.05) is 37.6 Å². The predicted molar refractivity (Wildman–Crippen MR) is 63.1 cm³/mol. The van der Waals surface area contributed by atoms with Crippen molar-refractivity contribution in [3.8, 4) is 0 Å². The van der Waals surface area contributed by atoms with Gasteiger partial charge >= 0.3 is 0 Å². The molecule has 1 heterocycles. The number of nitrogens with zero attached hydrogens (tertiary/aromatic N) is 2. The Kier molecular flexibility index (Phi) is 2.87. The third-order valence-electron chi connectivity index (χ3n) is 2.20. The minimum absolute atomic E-state index is 0.530. The number of para-hydroxylation sites is 2. The van der Waals surface area contributed by atoms with Gasteiger partial charge in [0.2, 0.25) is 0 Å². The van der Waals surface area contributed by atoms with Crippen LogP contribution in [0.15, 0.2) is 24.3 Å². The Bertz CT molecular complexity index is 480. The monoisotopic (exact) mass is 220 g/mol. The maximum atomic E-state index is 6.07. The summed E-state index contributed by atoms with van der Waals surface area (Å²) in [6.45, 7) is 4.29. The van der Waals surface area contributed by atoms with Gasteiger partial charge < -0.3 is 0 Å². The molecule has 0 N–H and O–H groups in total. The van der Waals surface area contributed by atoms with Crippen LogP contribution in [0.25, 0.3) is 11.0 Å². The lowest BCUT2D eigenvalue weighted by Gasteiger charge is -2.06. The number of fused-ring (bicyclic) bond motifs is 1. The Morgan fingerprint density at radius 3 is 2.33 bits per heavy atom. The minimum Gasteiger partial charge on any atom is -0.248 e. The van der Waals surface area contributed by atoms with E-state index in [9.17, 15) is 0 Å². The number of halogens is 1. The van der Waals surface area contributed by atoms with Gasteiger partial charge in [-0.2, -0.15) is 0 Å². The quantitative estimate of drug-likeness (QED) is 0.775. The SMILES string of the molecule is CC(C)Cc1nc2ccccc2nc1Cl. The van der Waals surface area contributed by atoms with E-state index >= 15 is 0 Å². The fourth-order valence-corrected chi connectivity index (χ4v) is 1.74. The molecule has 0 amide bonds. The van der Waals surface area contributed by atoms with Crippen LogP contribution in [0, 0.1) is 5.92 Å². The van der Waals surface area contributed by atoms with Crippen LogP contribution in [-0.4, -0.2) is 9.97 Å². The molecule has 0 aliphatic heterocycles. The van der Waals surface area contributed by atoms with Gasteiger partial charge in [-0.15, -0.1) is 0 Å². The first-order chi connectivity index (χ1) is 7.16. The van der Waals surface area contributed by atoms with Gasteiger partial charge in [-0.25, -0.2) is 9.97 Å². The molecule has 0 aliphatic rings. The first kappa shape index (κ1) is 10.4. The summed E-state index contributed by atoms with van der Waals surface area (Å²) in [5.41, 5.74) is 2.66. The van der Waals surface area contributed by atoms with Gasteiger partial charge in [0.15, 0.2) is 5.15 Å².